The minimum absolute atomic E-state index is 0.0172. The standard InChI is InChI=1S/C16H25ClN2O/c1-3-9-20-14-5-4-8-19(11-14)16-7-6-13(12(2)18)10-15(16)17/h6-7,10,12,14H,3-5,8-9,11,18H2,1-2H3/t12-,14?/m1/s1. The van der Waals surface area contributed by atoms with Crippen LogP contribution in [0.1, 0.15) is 44.7 Å². The molecule has 1 saturated heterocycles. The molecule has 2 rings (SSSR count). The number of nitrogens with two attached hydrogens (primary N) is 1. The SMILES string of the molecule is CCCOC1CCCN(c2ccc([C@@H](C)N)cc2Cl)C1. The third kappa shape index (κ3) is 3.87. The summed E-state index contributed by atoms with van der Waals surface area (Å²) in [6.45, 7) is 6.93. The Labute approximate surface area is 127 Å². The summed E-state index contributed by atoms with van der Waals surface area (Å²) < 4.78 is 5.88. The molecule has 1 heterocycles. The van der Waals surface area contributed by atoms with E-state index in [0.29, 0.717) is 6.10 Å². The Morgan fingerprint density at radius 3 is 2.95 bits per heavy atom. The molecule has 0 saturated carbocycles. The highest BCUT2D eigenvalue weighted by Gasteiger charge is 2.22. The van der Waals surface area contributed by atoms with Crippen molar-refractivity contribution in [2.45, 2.75) is 45.3 Å². The molecule has 1 aliphatic heterocycles. The maximum atomic E-state index is 6.42. The zero-order chi connectivity index (χ0) is 14.5. The molecule has 20 heavy (non-hydrogen) atoms. The van der Waals surface area contributed by atoms with Crippen molar-refractivity contribution in [3.8, 4) is 0 Å². The molecule has 2 atom stereocenters. The lowest BCUT2D eigenvalue weighted by Gasteiger charge is -2.35. The molecule has 4 heteroatoms. The van der Waals surface area contributed by atoms with Gasteiger partial charge in [-0.05, 0) is 43.9 Å². The summed E-state index contributed by atoms with van der Waals surface area (Å²) in [7, 11) is 0. The van der Waals surface area contributed by atoms with Crippen LogP contribution in [0, 0.1) is 0 Å². The van der Waals surface area contributed by atoms with E-state index in [1.165, 1.54) is 0 Å². The quantitative estimate of drug-likeness (QED) is 0.899. The first-order valence-electron chi connectivity index (χ1n) is 7.53. The minimum atomic E-state index is 0.0172. The van der Waals surface area contributed by atoms with Gasteiger partial charge in [-0.15, -0.1) is 0 Å². The second-order valence-corrected chi connectivity index (χ2v) is 5.99. The van der Waals surface area contributed by atoms with Crippen molar-refractivity contribution in [3.05, 3.63) is 28.8 Å². The lowest BCUT2D eigenvalue weighted by atomic mass is 10.1. The van der Waals surface area contributed by atoms with E-state index in [1.807, 2.05) is 13.0 Å². The van der Waals surface area contributed by atoms with Crippen LogP contribution >= 0.6 is 11.6 Å². The number of nitrogens with zero attached hydrogens (tertiary/aromatic N) is 1. The Hall–Kier alpha value is -0.770. The van der Waals surface area contributed by atoms with Gasteiger partial charge >= 0.3 is 0 Å². The van der Waals surface area contributed by atoms with Crippen LogP contribution < -0.4 is 10.6 Å². The van der Waals surface area contributed by atoms with Crippen LogP contribution in [0.4, 0.5) is 5.69 Å². The Bertz CT molecular complexity index is 436. The van der Waals surface area contributed by atoms with Crippen molar-refractivity contribution >= 4 is 17.3 Å². The van der Waals surface area contributed by atoms with Crippen LogP contribution in [0.2, 0.25) is 5.02 Å². The van der Waals surface area contributed by atoms with Crippen LogP contribution in [0.25, 0.3) is 0 Å². The van der Waals surface area contributed by atoms with Gasteiger partial charge in [0.1, 0.15) is 0 Å². The molecule has 0 aliphatic carbocycles. The molecule has 1 fully saturated rings. The highest BCUT2D eigenvalue weighted by Crippen LogP contribution is 2.31. The molecule has 0 radical (unpaired) electrons. The summed E-state index contributed by atoms with van der Waals surface area (Å²) in [5.41, 5.74) is 8.07. The van der Waals surface area contributed by atoms with Gasteiger partial charge in [-0.1, -0.05) is 24.6 Å². The van der Waals surface area contributed by atoms with Gasteiger partial charge in [0.2, 0.25) is 0 Å². The first-order chi connectivity index (χ1) is 9.61. The third-order valence-electron chi connectivity index (χ3n) is 3.77. The molecule has 1 aromatic rings. The lowest BCUT2D eigenvalue weighted by Crippen LogP contribution is -2.40. The van der Waals surface area contributed by atoms with E-state index in [-0.39, 0.29) is 6.04 Å². The van der Waals surface area contributed by atoms with Crippen molar-refractivity contribution < 1.29 is 4.74 Å². The van der Waals surface area contributed by atoms with E-state index >= 15 is 0 Å². The molecule has 0 amide bonds. The van der Waals surface area contributed by atoms with Crippen LogP contribution in [-0.2, 0) is 4.74 Å². The van der Waals surface area contributed by atoms with Crippen LogP contribution in [-0.4, -0.2) is 25.8 Å². The molecule has 1 unspecified atom stereocenters. The topological polar surface area (TPSA) is 38.5 Å². The van der Waals surface area contributed by atoms with Gasteiger partial charge in [0.25, 0.3) is 0 Å². The van der Waals surface area contributed by atoms with E-state index in [9.17, 15) is 0 Å². The van der Waals surface area contributed by atoms with Gasteiger partial charge in [0.15, 0.2) is 0 Å². The highest BCUT2D eigenvalue weighted by molar-refractivity contribution is 6.33. The first-order valence-corrected chi connectivity index (χ1v) is 7.91. The zero-order valence-corrected chi connectivity index (χ0v) is 13.2. The second kappa shape index (κ2) is 7.30. The maximum Gasteiger partial charge on any atom is 0.0750 e. The van der Waals surface area contributed by atoms with Gasteiger partial charge in [-0.25, -0.2) is 0 Å². The van der Waals surface area contributed by atoms with Crippen molar-refractivity contribution in [2.24, 2.45) is 5.73 Å². The molecular formula is C16H25ClN2O. The fraction of sp³-hybridized carbons (Fsp3) is 0.625. The number of piperidine rings is 1. The maximum absolute atomic E-state index is 6.42. The lowest BCUT2D eigenvalue weighted by molar-refractivity contribution is 0.0440. The average molecular weight is 297 g/mol. The molecule has 3 nitrogen and oxygen atoms in total. The number of halogens is 1. The van der Waals surface area contributed by atoms with Gasteiger partial charge in [0.05, 0.1) is 16.8 Å². The van der Waals surface area contributed by atoms with Crippen LogP contribution in [0.3, 0.4) is 0 Å². The first kappa shape index (κ1) is 15.6. The van der Waals surface area contributed by atoms with E-state index in [0.717, 1.165) is 55.2 Å². The molecule has 2 N–H and O–H groups in total. The predicted molar refractivity (Wildman–Crippen MR) is 85.5 cm³/mol. The molecule has 0 bridgehead atoms. The number of hydrogen-bond acceptors (Lipinski definition) is 3. The Balaban J connectivity index is 2.06. The summed E-state index contributed by atoms with van der Waals surface area (Å²) in [5, 5.41) is 0.788. The minimum Gasteiger partial charge on any atom is -0.376 e. The van der Waals surface area contributed by atoms with Gasteiger partial charge < -0.3 is 15.4 Å². The number of benzene rings is 1. The van der Waals surface area contributed by atoms with E-state index < -0.39 is 0 Å². The summed E-state index contributed by atoms with van der Waals surface area (Å²) >= 11 is 6.42. The number of anilines is 1. The highest BCUT2D eigenvalue weighted by atomic mass is 35.5. The van der Waals surface area contributed by atoms with Gasteiger partial charge in [0, 0.05) is 25.7 Å². The smallest absolute Gasteiger partial charge is 0.0750 e. The molecule has 1 aromatic carbocycles. The summed E-state index contributed by atoms with van der Waals surface area (Å²) in [4.78, 5) is 2.33. The summed E-state index contributed by atoms with van der Waals surface area (Å²) in [6, 6.07) is 6.16. The number of hydrogen-bond donors (Lipinski definition) is 1. The zero-order valence-electron chi connectivity index (χ0n) is 12.4. The van der Waals surface area contributed by atoms with Crippen molar-refractivity contribution in [2.75, 3.05) is 24.6 Å². The number of rotatable bonds is 5. The Kier molecular flexibility index (Phi) is 5.70. The van der Waals surface area contributed by atoms with E-state index in [2.05, 4.69) is 24.0 Å². The van der Waals surface area contributed by atoms with Crippen molar-refractivity contribution in [3.63, 3.8) is 0 Å². The van der Waals surface area contributed by atoms with Crippen LogP contribution in [0.15, 0.2) is 18.2 Å². The normalized spacial score (nSPS) is 21.0. The fourth-order valence-electron chi connectivity index (χ4n) is 2.64. The monoisotopic (exact) mass is 296 g/mol. The Morgan fingerprint density at radius 1 is 1.50 bits per heavy atom. The predicted octanol–water partition coefficient (Wildman–Crippen LogP) is 3.76. The molecule has 1 aliphatic rings. The summed E-state index contributed by atoms with van der Waals surface area (Å²) in [5.74, 6) is 0. The average Bonchev–Trinajstić information content (AvgIpc) is 2.45. The molecule has 112 valence electrons. The number of ether oxygens (including phenoxy) is 1. The van der Waals surface area contributed by atoms with Crippen molar-refractivity contribution in [1.82, 2.24) is 0 Å². The molecule has 0 spiro atoms. The van der Waals surface area contributed by atoms with Crippen LogP contribution in [0.5, 0.6) is 0 Å². The van der Waals surface area contributed by atoms with E-state index in [4.69, 9.17) is 22.1 Å². The largest absolute Gasteiger partial charge is 0.376 e. The Morgan fingerprint density at radius 2 is 2.30 bits per heavy atom. The van der Waals surface area contributed by atoms with Gasteiger partial charge in [-0.3, -0.25) is 0 Å². The second-order valence-electron chi connectivity index (χ2n) is 5.58. The fourth-order valence-corrected chi connectivity index (χ4v) is 2.95. The van der Waals surface area contributed by atoms with Crippen molar-refractivity contribution in [1.29, 1.82) is 0 Å². The summed E-state index contributed by atoms with van der Waals surface area (Å²) in [6.07, 6.45) is 3.69. The molecule has 0 aromatic heterocycles. The van der Waals surface area contributed by atoms with E-state index in [1.54, 1.807) is 0 Å². The third-order valence-corrected chi connectivity index (χ3v) is 4.08. The van der Waals surface area contributed by atoms with Gasteiger partial charge in [-0.2, -0.15) is 0 Å². The molecular weight excluding hydrogens is 272 g/mol.